The summed E-state index contributed by atoms with van der Waals surface area (Å²) in [4.78, 5) is 25.5. The summed E-state index contributed by atoms with van der Waals surface area (Å²) in [7, 11) is 0. The van der Waals surface area contributed by atoms with Crippen LogP contribution in [-0.2, 0) is 9.53 Å². The Morgan fingerprint density at radius 1 is 0.774 bits per heavy atom. The largest absolute Gasteiger partial charge is 0.457 e. The minimum Gasteiger partial charge on any atom is -0.457 e. The van der Waals surface area contributed by atoms with Crippen molar-refractivity contribution in [2.24, 2.45) is 0 Å². The highest BCUT2D eigenvalue weighted by molar-refractivity contribution is 8.00. The van der Waals surface area contributed by atoms with Crippen molar-refractivity contribution in [3.63, 3.8) is 0 Å². The second kappa shape index (κ2) is 9.82. The Labute approximate surface area is 190 Å². The zero-order chi connectivity index (χ0) is 21.6. The third-order valence-corrected chi connectivity index (χ3v) is 6.19. The van der Waals surface area contributed by atoms with Crippen molar-refractivity contribution in [1.29, 1.82) is 0 Å². The number of halogens is 1. The monoisotopic (exact) mass is 446 g/mol. The molecule has 0 N–H and O–H groups in total. The Hall–Kier alpha value is -3.08. The number of fused-ring (bicyclic) bond motifs is 1. The van der Waals surface area contributed by atoms with Gasteiger partial charge in [-0.05, 0) is 28.6 Å². The summed E-state index contributed by atoms with van der Waals surface area (Å²) in [6, 6.07) is 28.8. The molecule has 0 unspecified atom stereocenters. The van der Waals surface area contributed by atoms with Crippen molar-refractivity contribution >= 4 is 45.9 Å². The van der Waals surface area contributed by atoms with Crippen LogP contribution in [0.3, 0.4) is 0 Å². The first-order chi connectivity index (χ1) is 15.1. The van der Waals surface area contributed by atoms with Gasteiger partial charge in [0, 0.05) is 20.9 Å². The molecule has 0 saturated heterocycles. The van der Waals surface area contributed by atoms with E-state index in [9.17, 15) is 9.59 Å². The van der Waals surface area contributed by atoms with E-state index in [0.29, 0.717) is 10.6 Å². The molecule has 0 aliphatic rings. The molecule has 0 atom stereocenters. The van der Waals surface area contributed by atoms with E-state index in [-0.39, 0.29) is 18.1 Å². The number of benzene rings is 4. The molecule has 4 rings (SSSR count). The first-order valence-electron chi connectivity index (χ1n) is 9.76. The van der Waals surface area contributed by atoms with Gasteiger partial charge >= 0.3 is 5.97 Å². The van der Waals surface area contributed by atoms with E-state index < -0.39 is 5.97 Å². The standard InChI is InChI=1S/C26H19ClO3S/c27-22-10-4-8-21-9-5-11-24(26(21)22)31-17-25(29)30-16-23(28)20-14-12-19(13-15-20)18-6-2-1-3-7-18/h1-15H,16-17H2. The second-order valence-electron chi connectivity index (χ2n) is 6.91. The van der Waals surface area contributed by atoms with E-state index in [1.54, 1.807) is 12.1 Å². The van der Waals surface area contributed by atoms with Crippen LogP contribution in [0.5, 0.6) is 0 Å². The van der Waals surface area contributed by atoms with Crippen LogP contribution < -0.4 is 0 Å². The lowest BCUT2D eigenvalue weighted by Gasteiger charge is -2.08. The van der Waals surface area contributed by atoms with E-state index in [1.165, 1.54) is 11.8 Å². The van der Waals surface area contributed by atoms with Crippen molar-refractivity contribution < 1.29 is 14.3 Å². The van der Waals surface area contributed by atoms with Gasteiger partial charge < -0.3 is 4.74 Å². The van der Waals surface area contributed by atoms with Crippen molar-refractivity contribution in [2.75, 3.05) is 12.4 Å². The van der Waals surface area contributed by atoms with Gasteiger partial charge in [0.15, 0.2) is 12.4 Å². The summed E-state index contributed by atoms with van der Waals surface area (Å²) in [5, 5.41) is 2.57. The van der Waals surface area contributed by atoms with Crippen LogP contribution in [0.15, 0.2) is 95.9 Å². The third kappa shape index (κ3) is 5.16. The van der Waals surface area contributed by atoms with Crippen LogP contribution in [-0.4, -0.2) is 24.1 Å². The summed E-state index contributed by atoms with van der Waals surface area (Å²) in [6.07, 6.45) is 0. The minimum atomic E-state index is -0.441. The van der Waals surface area contributed by atoms with Gasteiger partial charge in [-0.1, -0.05) is 90.5 Å². The second-order valence-corrected chi connectivity index (χ2v) is 8.33. The molecule has 5 heteroatoms. The highest BCUT2D eigenvalue weighted by Gasteiger charge is 2.12. The van der Waals surface area contributed by atoms with E-state index in [2.05, 4.69) is 0 Å². The molecular formula is C26H19ClO3S. The fraction of sp³-hybridized carbons (Fsp3) is 0.0769. The molecule has 3 nitrogen and oxygen atoms in total. The van der Waals surface area contributed by atoms with E-state index >= 15 is 0 Å². The van der Waals surface area contributed by atoms with Gasteiger partial charge in [-0.15, -0.1) is 11.8 Å². The molecule has 0 heterocycles. The number of Topliss-reactive ketones (excluding diaryl/α,β-unsaturated/α-hetero) is 1. The number of hydrogen-bond donors (Lipinski definition) is 0. The molecule has 4 aromatic carbocycles. The van der Waals surface area contributed by atoms with Crippen LogP contribution in [0.1, 0.15) is 10.4 Å². The Kier molecular flexibility index (Phi) is 6.70. The molecule has 0 saturated carbocycles. The summed E-state index contributed by atoms with van der Waals surface area (Å²) >= 11 is 7.67. The van der Waals surface area contributed by atoms with Gasteiger partial charge in [0.05, 0.1) is 5.75 Å². The Morgan fingerprint density at radius 2 is 1.45 bits per heavy atom. The zero-order valence-electron chi connectivity index (χ0n) is 16.6. The number of carbonyl (C=O) groups is 2. The van der Waals surface area contributed by atoms with Crippen LogP contribution in [0.4, 0.5) is 0 Å². The minimum absolute atomic E-state index is 0.102. The van der Waals surface area contributed by atoms with E-state index in [0.717, 1.165) is 26.8 Å². The molecule has 4 aromatic rings. The van der Waals surface area contributed by atoms with E-state index in [1.807, 2.05) is 78.9 Å². The summed E-state index contributed by atoms with van der Waals surface area (Å²) < 4.78 is 5.19. The molecular weight excluding hydrogens is 428 g/mol. The average Bonchev–Trinajstić information content (AvgIpc) is 2.82. The molecule has 0 radical (unpaired) electrons. The summed E-state index contributed by atoms with van der Waals surface area (Å²) in [6.45, 7) is -0.277. The zero-order valence-corrected chi connectivity index (χ0v) is 18.2. The van der Waals surface area contributed by atoms with Gasteiger partial charge in [-0.2, -0.15) is 0 Å². The van der Waals surface area contributed by atoms with Crippen molar-refractivity contribution in [3.05, 3.63) is 102 Å². The highest BCUT2D eigenvalue weighted by atomic mass is 35.5. The number of hydrogen-bond acceptors (Lipinski definition) is 4. The summed E-state index contributed by atoms with van der Waals surface area (Å²) in [5.41, 5.74) is 2.62. The molecule has 0 aliphatic heterocycles. The lowest BCUT2D eigenvalue weighted by atomic mass is 10.0. The van der Waals surface area contributed by atoms with Crippen LogP contribution in [0, 0.1) is 0 Å². The predicted octanol–water partition coefficient (Wildman–Crippen LogP) is 6.68. The first-order valence-corrected chi connectivity index (χ1v) is 11.1. The van der Waals surface area contributed by atoms with Gasteiger partial charge in [-0.25, -0.2) is 0 Å². The maximum atomic E-state index is 12.4. The lowest BCUT2D eigenvalue weighted by Crippen LogP contribution is -2.15. The van der Waals surface area contributed by atoms with Crippen molar-refractivity contribution in [2.45, 2.75) is 4.90 Å². The molecule has 0 aromatic heterocycles. The van der Waals surface area contributed by atoms with Gasteiger partial charge in [0.2, 0.25) is 0 Å². The number of thioether (sulfide) groups is 1. The fourth-order valence-electron chi connectivity index (χ4n) is 3.27. The number of rotatable bonds is 7. The smallest absolute Gasteiger partial charge is 0.316 e. The Bertz CT molecular complexity index is 1220. The molecule has 31 heavy (non-hydrogen) atoms. The predicted molar refractivity (Wildman–Crippen MR) is 127 cm³/mol. The van der Waals surface area contributed by atoms with E-state index in [4.69, 9.17) is 16.3 Å². The molecule has 154 valence electrons. The maximum Gasteiger partial charge on any atom is 0.316 e. The average molecular weight is 447 g/mol. The molecule has 0 aliphatic carbocycles. The Balaban J connectivity index is 1.32. The number of esters is 1. The van der Waals surface area contributed by atoms with Crippen LogP contribution >= 0.6 is 23.4 Å². The van der Waals surface area contributed by atoms with Crippen LogP contribution in [0.2, 0.25) is 5.02 Å². The first kappa shape index (κ1) is 21.2. The summed E-state index contributed by atoms with van der Waals surface area (Å²) in [5.74, 6) is -0.570. The number of ketones is 1. The fourth-order valence-corrected chi connectivity index (χ4v) is 4.51. The van der Waals surface area contributed by atoms with Crippen molar-refractivity contribution in [1.82, 2.24) is 0 Å². The molecule has 0 bridgehead atoms. The lowest BCUT2D eigenvalue weighted by molar-refractivity contribution is -0.139. The third-order valence-electron chi connectivity index (χ3n) is 4.84. The quantitative estimate of drug-likeness (QED) is 0.180. The number of ether oxygens (including phenoxy) is 1. The van der Waals surface area contributed by atoms with Crippen LogP contribution in [0.25, 0.3) is 21.9 Å². The molecule has 0 spiro atoms. The normalized spacial score (nSPS) is 10.7. The highest BCUT2D eigenvalue weighted by Crippen LogP contribution is 2.33. The van der Waals surface area contributed by atoms with Gasteiger partial charge in [0.1, 0.15) is 0 Å². The van der Waals surface area contributed by atoms with Crippen molar-refractivity contribution in [3.8, 4) is 11.1 Å². The molecule has 0 fully saturated rings. The molecule has 0 amide bonds. The topological polar surface area (TPSA) is 43.4 Å². The maximum absolute atomic E-state index is 12.4. The Morgan fingerprint density at radius 3 is 2.19 bits per heavy atom. The SMILES string of the molecule is O=C(CSc1cccc2cccc(Cl)c12)OCC(=O)c1ccc(-c2ccccc2)cc1. The van der Waals surface area contributed by atoms with Gasteiger partial charge in [0.25, 0.3) is 0 Å². The number of carbonyl (C=O) groups excluding carboxylic acids is 2. The van der Waals surface area contributed by atoms with Gasteiger partial charge in [-0.3, -0.25) is 9.59 Å².